The van der Waals surface area contributed by atoms with Crippen LogP contribution in [0.5, 0.6) is 0 Å². The Balaban J connectivity index is 2.87. The van der Waals surface area contributed by atoms with E-state index in [9.17, 15) is 18.0 Å². The number of anilines is 1. The second-order valence-corrected chi connectivity index (χ2v) is 3.90. The van der Waals surface area contributed by atoms with Crippen LogP contribution >= 0.6 is 11.6 Å². The van der Waals surface area contributed by atoms with Gasteiger partial charge in [-0.3, -0.25) is 4.79 Å². The number of hydrogen-bond acceptors (Lipinski definition) is 1. The molecular weight excluding hydrogens is 255 g/mol. The Morgan fingerprint density at radius 1 is 1.41 bits per heavy atom. The molecule has 1 rings (SSSR count). The second-order valence-electron chi connectivity index (χ2n) is 3.49. The fourth-order valence-corrected chi connectivity index (χ4v) is 1.46. The molecule has 0 bridgehead atoms. The average Bonchev–Trinajstić information content (AvgIpc) is 2.20. The minimum atomic E-state index is -4.43. The molecular formula is C11H11ClF3NO. The van der Waals surface area contributed by atoms with Crippen LogP contribution in [0.3, 0.4) is 0 Å². The zero-order chi connectivity index (χ0) is 13.1. The van der Waals surface area contributed by atoms with Crippen LogP contribution in [0.4, 0.5) is 18.9 Å². The van der Waals surface area contributed by atoms with Crippen LogP contribution in [-0.2, 0) is 11.0 Å². The summed E-state index contributed by atoms with van der Waals surface area (Å²) >= 11 is 5.66. The molecule has 0 fully saturated rings. The molecule has 0 aliphatic heterocycles. The quantitative estimate of drug-likeness (QED) is 0.876. The van der Waals surface area contributed by atoms with E-state index in [2.05, 4.69) is 5.32 Å². The van der Waals surface area contributed by atoms with Crippen LogP contribution in [0.25, 0.3) is 0 Å². The van der Waals surface area contributed by atoms with Crippen molar-refractivity contribution in [3.05, 3.63) is 28.8 Å². The minimum Gasteiger partial charge on any atom is -0.325 e. The highest BCUT2D eigenvalue weighted by Gasteiger charge is 2.30. The van der Waals surface area contributed by atoms with Crippen LogP contribution in [0.15, 0.2) is 18.2 Å². The normalized spacial score (nSPS) is 11.4. The number of hydrogen-bond donors (Lipinski definition) is 1. The van der Waals surface area contributed by atoms with Crippen LogP contribution in [0.2, 0.25) is 5.02 Å². The lowest BCUT2D eigenvalue weighted by molar-refractivity contribution is -0.137. The number of amides is 1. The van der Waals surface area contributed by atoms with Gasteiger partial charge < -0.3 is 5.32 Å². The van der Waals surface area contributed by atoms with Crippen LogP contribution in [0.1, 0.15) is 25.3 Å². The van der Waals surface area contributed by atoms with E-state index >= 15 is 0 Å². The molecule has 0 unspecified atom stereocenters. The van der Waals surface area contributed by atoms with Crippen LogP contribution in [0, 0.1) is 0 Å². The van der Waals surface area contributed by atoms with Gasteiger partial charge in [0.05, 0.1) is 16.3 Å². The molecule has 0 heterocycles. The summed E-state index contributed by atoms with van der Waals surface area (Å²) in [6, 6.07) is 2.83. The Labute approximate surface area is 102 Å². The van der Waals surface area contributed by atoms with E-state index in [0.29, 0.717) is 12.8 Å². The Kier molecular flexibility index (Phi) is 4.40. The molecule has 17 heavy (non-hydrogen) atoms. The molecule has 1 N–H and O–H groups in total. The van der Waals surface area contributed by atoms with Crippen molar-refractivity contribution in [2.45, 2.75) is 25.9 Å². The number of halogens is 4. The van der Waals surface area contributed by atoms with Gasteiger partial charge in [0.25, 0.3) is 0 Å². The van der Waals surface area contributed by atoms with E-state index in [1.807, 2.05) is 6.92 Å². The third kappa shape index (κ3) is 3.93. The van der Waals surface area contributed by atoms with Crippen LogP contribution < -0.4 is 5.32 Å². The summed E-state index contributed by atoms with van der Waals surface area (Å²) < 4.78 is 37.0. The molecule has 0 atom stereocenters. The summed E-state index contributed by atoms with van der Waals surface area (Å²) in [6.07, 6.45) is -3.48. The van der Waals surface area contributed by atoms with Gasteiger partial charge in [0, 0.05) is 6.42 Å². The summed E-state index contributed by atoms with van der Waals surface area (Å²) in [5, 5.41) is 2.33. The molecule has 0 radical (unpaired) electrons. The fourth-order valence-electron chi connectivity index (χ4n) is 1.23. The van der Waals surface area contributed by atoms with Crippen LogP contribution in [-0.4, -0.2) is 5.91 Å². The Morgan fingerprint density at radius 2 is 2.06 bits per heavy atom. The van der Waals surface area contributed by atoms with Crippen molar-refractivity contribution >= 4 is 23.2 Å². The topological polar surface area (TPSA) is 29.1 Å². The molecule has 94 valence electrons. The highest BCUT2D eigenvalue weighted by molar-refractivity contribution is 6.33. The number of nitrogens with one attached hydrogen (secondary N) is 1. The number of rotatable bonds is 3. The van der Waals surface area contributed by atoms with E-state index in [0.717, 1.165) is 18.2 Å². The predicted octanol–water partition coefficient (Wildman–Crippen LogP) is 4.10. The molecule has 6 heteroatoms. The Hall–Kier alpha value is -1.23. The lowest BCUT2D eigenvalue weighted by atomic mass is 10.2. The Bertz CT molecular complexity index is 418. The van der Waals surface area contributed by atoms with Gasteiger partial charge in [-0.05, 0) is 24.6 Å². The van der Waals surface area contributed by atoms with Gasteiger partial charge in [-0.2, -0.15) is 13.2 Å². The molecule has 2 nitrogen and oxygen atoms in total. The van der Waals surface area contributed by atoms with Gasteiger partial charge >= 0.3 is 6.18 Å². The smallest absolute Gasteiger partial charge is 0.325 e. The van der Waals surface area contributed by atoms with Crippen molar-refractivity contribution in [3.63, 3.8) is 0 Å². The first-order valence-corrected chi connectivity index (χ1v) is 5.39. The van der Waals surface area contributed by atoms with Crippen molar-refractivity contribution in [1.29, 1.82) is 0 Å². The number of carbonyl (C=O) groups excluding carboxylic acids is 1. The number of carbonyl (C=O) groups is 1. The largest absolute Gasteiger partial charge is 0.416 e. The first-order chi connectivity index (χ1) is 7.84. The molecule has 0 aliphatic carbocycles. The third-order valence-corrected chi connectivity index (χ3v) is 2.36. The fraction of sp³-hybridized carbons (Fsp3) is 0.364. The van der Waals surface area contributed by atoms with E-state index in [-0.39, 0.29) is 16.6 Å². The monoisotopic (exact) mass is 265 g/mol. The van der Waals surface area contributed by atoms with Gasteiger partial charge in [-0.15, -0.1) is 0 Å². The third-order valence-electron chi connectivity index (χ3n) is 2.05. The highest BCUT2D eigenvalue weighted by Crippen LogP contribution is 2.33. The summed E-state index contributed by atoms with van der Waals surface area (Å²) in [7, 11) is 0. The molecule has 0 spiro atoms. The number of alkyl halides is 3. The molecule has 0 aliphatic rings. The maximum atomic E-state index is 12.3. The zero-order valence-electron chi connectivity index (χ0n) is 9.07. The van der Waals surface area contributed by atoms with Gasteiger partial charge in [0.15, 0.2) is 0 Å². The van der Waals surface area contributed by atoms with Crippen molar-refractivity contribution in [2.75, 3.05) is 5.32 Å². The number of benzene rings is 1. The molecule has 1 aromatic rings. The average molecular weight is 266 g/mol. The van der Waals surface area contributed by atoms with E-state index in [4.69, 9.17) is 11.6 Å². The summed E-state index contributed by atoms with van der Waals surface area (Å²) in [4.78, 5) is 11.3. The first kappa shape index (κ1) is 13.8. The molecule has 0 aromatic heterocycles. The molecule has 0 saturated heterocycles. The predicted molar refractivity (Wildman–Crippen MR) is 60.0 cm³/mol. The van der Waals surface area contributed by atoms with Crippen molar-refractivity contribution < 1.29 is 18.0 Å². The summed E-state index contributed by atoms with van der Waals surface area (Å²) in [5.74, 6) is -0.269. The van der Waals surface area contributed by atoms with Gasteiger partial charge in [-0.25, -0.2) is 0 Å². The Morgan fingerprint density at radius 3 is 2.53 bits per heavy atom. The molecule has 0 saturated carbocycles. The summed E-state index contributed by atoms with van der Waals surface area (Å²) in [6.45, 7) is 1.83. The maximum Gasteiger partial charge on any atom is 0.416 e. The zero-order valence-corrected chi connectivity index (χ0v) is 9.82. The lowest BCUT2D eigenvalue weighted by Crippen LogP contribution is -2.12. The molecule has 1 amide bonds. The SMILES string of the molecule is CCCC(=O)Nc1ccc(C(F)(F)F)cc1Cl. The van der Waals surface area contributed by atoms with E-state index in [1.165, 1.54) is 0 Å². The molecule has 1 aromatic carbocycles. The van der Waals surface area contributed by atoms with Crippen molar-refractivity contribution in [2.24, 2.45) is 0 Å². The van der Waals surface area contributed by atoms with Crippen molar-refractivity contribution in [3.8, 4) is 0 Å². The lowest BCUT2D eigenvalue weighted by Gasteiger charge is -2.10. The highest BCUT2D eigenvalue weighted by atomic mass is 35.5. The van der Waals surface area contributed by atoms with E-state index in [1.54, 1.807) is 0 Å². The second kappa shape index (κ2) is 5.40. The van der Waals surface area contributed by atoms with Gasteiger partial charge in [0.2, 0.25) is 5.91 Å². The van der Waals surface area contributed by atoms with Gasteiger partial charge in [-0.1, -0.05) is 18.5 Å². The van der Waals surface area contributed by atoms with Crippen molar-refractivity contribution in [1.82, 2.24) is 0 Å². The first-order valence-electron chi connectivity index (χ1n) is 5.01. The summed E-state index contributed by atoms with van der Waals surface area (Å²) in [5.41, 5.74) is -0.644. The maximum absolute atomic E-state index is 12.3. The van der Waals surface area contributed by atoms with Gasteiger partial charge in [0.1, 0.15) is 0 Å². The standard InChI is InChI=1S/C11H11ClF3NO/c1-2-3-10(17)16-9-5-4-7(6-8(9)12)11(13,14)15/h4-6H,2-3H2,1H3,(H,16,17). The van der Waals surface area contributed by atoms with E-state index < -0.39 is 11.7 Å². The minimum absolute atomic E-state index is 0.121.